The Morgan fingerprint density at radius 2 is 1.89 bits per heavy atom. The lowest BCUT2D eigenvalue weighted by Crippen LogP contribution is -2.33. The summed E-state index contributed by atoms with van der Waals surface area (Å²) in [6.07, 6.45) is 5.07. The van der Waals surface area contributed by atoms with Gasteiger partial charge in [-0.2, -0.15) is 0 Å². The monoisotopic (exact) mass is 269 g/mol. The molecule has 5 heteroatoms. The molecule has 0 spiro atoms. The molecule has 0 amide bonds. The van der Waals surface area contributed by atoms with Gasteiger partial charge in [-0.05, 0) is 18.9 Å². The van der Waals surface area contributed by atoms with Crippen LogP contribution in [0.1, 0.15) is 31.2 Å². The van der Waals surface area contributed by atoms with E-state index in [1.807, 2.05) is 6.07 Å². The third-order valence-corrected chi connectivity index (χ3v) is 4.74. The van der Waals surface area contributed by atoms with Crippen LogP contribution in [-0.4, -0.2) is 21.8 Å². The smallest absolute Gasteiger partial charge is 0.179 e. The molecule has 0 saturated heterocycles. The minimum absolute atomic E-state index is 0.222. The van der Waals surface area contributed by atoms with Crippen molar-refractivity contribution in [2.45, 2.75) is 36.1 Å². The van der Waals surface area contributed by atoms with Gasteiger partial charge < -0.3 is 10.5 Å². The lowest BCUT2D eigenvalue weighted by Gasteiger charge is -2.27. The number of nitrogens with two attached hydrogens (primary N) is 1. The van der Waals surface area contributed by atoms with E-state index >= 15 is 0 Å². The summed E-state index contributed by atoms with van der Waals surface area (Å²) in [7, 11) is -1.81. The van der Waals surface area contributed by atoms with Crippen LogP contribution in [0.15, 0.2) is 23.1 Å². The summed E-state index contributed by atoms with van der Waals surface area (Å²) in [5, 5.41) is 0. The molecule has 0 bridgehead atoms. The zero-order valence-electron chi connectivity index (χ0n) is 10.8. The van der Waals surface area contributed by atoms with E-state index in [1.165, 1.54) is 13.4 Å². The van der Waals surface area contributed by atoms with E-state index in [4.69, 9.17) is 10.5 Å². The van der Waals surface area contributed by atoms with Gasteiger partial charge in [0.25, 0.3) is 0 Å². The molecule has 0 radical (unpaired) electrons. The minimum atomic E-state index is -3.30. The summed E-state index contributed by atoms with van der Waals surface area (Å²) in [5.41, 5.74) is 6.75. The Labute approximate surface area is 108 Å². The highest BCUT2D eigenvalue weighted by molar-refractivity contribution is 7.90. The lowest BCUT2D eigenvalue weighted by molar-refractivity contribution is 0.369. The van der Waals surface area contributed by atoms with Gasteiger partial charge >= 0.3 is 0 Å². The lowest BCUT2D eigenvalue weighted by atomic mass is 9.88. The standard InChI is InChI=1S/C13H19NO3S/c1-17-12-10(13(14)8-3-4-9-13)6-5-7-11(12)18(2,15)16/h5-7H,3-4,8-9,14H2,1-2H3. The predicted octanol–water partition coefficient (Wildman–Crippen LogP) is 1.83. The summed E-state index contributed by atoms with van der Waals surface area (Å²) in [6.45, 7) is 0. The summed E-state index contributed by atoms with van der Waals surface area (Å²) < 4.78 is 28.8. The molecule has 2 rings (SSSR count). The Bertz CT molecular complexity index is 545. The Hall–Kier alpha value is -1.07. The second kappa shape index (κ2) is 4.55. The van der Waals surface area contributed by atoms with E-state index in [-0.39, 0.29) is 4.90 Å². The van der Waals surface area contributed by atoms with Crippen LogP contribution in [0.4, 0.5) is 0 Å². The van der Waals surface area contributed by atoms with Crippen LogP contribution in [0.25, 0.3) is 0 Å². The van der Waals surface area contributed by atoms with Crippen molar-refractivity contribution in [3.05, 3.63) is 23.8 Å². The molecule has 1 aliphatic rings. The molecule has 0 aliphatic heterocycles. The molecule has 4 nitrogen and oxygen atoms in total. The normalized spacial score (nSPS) is 18.8. The molecule has 0 atom stereocenters. The number of para-hydroxylation sites is 1. The summed E-state index contributed by atoms with van der Waals surface area (Å²) in [6, 6.07) is 5.18. The van der Waals surface area contributed by atoms with E-state index in [9.17, 15) is 8.42 Å². The highest BCUT2D eigenvalue weighted by atomic mass is 32.2. The van der Waals surface area contributed by atoms with Gasteiger partial charge in [0, 0.05) is 17.4 Å². The van der Waals surface area contributed by atoms with Crippen LogP contribution in [0.2, 0.25) is 0 Å². The van der Waals surface area contributed by atoms with Crippen LogP contribution >= 0.6 is 0 Å². The summed E-state index contributed by atoms with van der Waals surface area (Å²) >= 11 is 0. The second-order valence-electron chi connectivity index (χ2n) is 4.97. The molecule has 0 aromatic heterocycles. The maximum Gasteiger partial charge on any atom is 0.179 e. The first-order valence-corrected chi connectivity index (χ1v) is 7.94. The highest BCUT2D eigenvalue weighted by Crippen LogP contribution is 2.42. The van der Waals surface area contributed by atoms with E-state index in [0.717, 1.165) is 31.2 Å². The molecule has 18 heavy (non-hydrogen) atoms. The van der Waals surface area contributed by atoms with Crippen molar-refractivity contribution in [1.29, 1.82) is 0 Å². The van der Waals surface area contributed by atoms with E-state index in [2.05, 4.69) is 0 Å². The quantitative estimate of drug-likeness (QED) is 0.909. The van der Waals surface area contributed by atoms with Crippen LogP contribution in [0, 0.1) is 0 Å². The number of sulfone groups is 1. The number of ether oxygens (including phenoxy) is 1. The van der Waals surface area contributed by atoms with Gasteiger partial charge in [0.1, 0.15) is 10.6 Å². The van der Waals surface area contributed by atoms with Gasteiger partial charge in [-0.1, -0.05) is 25.0 Å². The van der Waals surface area contributed by atoms with Crippen molar-refractivity contribution in [3.63, 3.8) is 0 Å². The maximum atomic E-state index is 11.8. The number of benzene rings is 1. The molecular formula is C13H19NO3S. The molecule has 1 aromatic carbocycles. The first kappa shape index (κ1) is 13.4. The van der Waals surface area contributed by atoms with Gasteiger partial charge in [0.2, 0.25) is 0 Å². The Balaban J connectivity index is 2.62. The van der Waals surface area contributed by atoms with E-state index in [0.29, 0.717) is 5.75 Å². The van der Waals surface area contributed by atoms with Crippen molar-refractivity contribution in [1.82, 2.24) is 0 Å². The molecule has 0 heterocycles. The highest BCUT2D eigenvalue weighted by Gasteiger charge is 2.35. The summed E-state index contributed by atoms with van der Waals surface area (Å²) in [5.74, 6) is 0.407. The van der Waals surface area contributed by atoms with Gasteiger partial charge in [0.05, 0.1) is 7.11 Å². The van der Waals surface area contributed by atoms with Crippen LogP contribution in [-0.2, 0) is 15.4 Å². The molecular weight excluding hydrogens is 250 g/mol. The fraction of sp³-hybridized carbons (Fsp3) is 0.538. The summed E-state index contributed by atoms with van der Waals surface area (Å²) in [4.78, 5) is 0.222. The number of hydrogen-bond donors (Lipinski definition) is 1. The third-order valence-electron chi connectivity index (χ3n) is 3.61. The largest absolute Gasteiger partial charge is 0.495 e. The number of rotatable bonds is 3. The van der Waals surface area contributed by atoms with Crippen molar-refractivity contribution in [2.75, 3.05) is 13.4 Å². The van der Waals surface area contributed by atoms with Gasteiger partial charge in [-0.15, -0.1) is 0 Å². The first-order valence-electron chi connectivity index (χ1n) is 6.05. The third kappa shape index (κ3) is 2.24. The van der Waals surface area contributed by atoms with Crippen LogP contribution in [0.5, 0.6) is 5.75 Å². The van der Waals surface area contributed by atoms with E-state index < -0.39 is 15.4 Å². The second-order valence-corrected chi connectivity index (χ2v) is 6.96. The Morgan fingerprint density at radius 1 is 1.28 bits per heavy atom. The SMILES string of the molecule is COc1c(C2(N)CCCC2)cccc1S(C)(=O)=O. The zero-order valence-corrected chi connectivity index (χ0v) is 11.6. The number of methoxy groups -OCH3 is 1. The molecule has 100 valence electrons. The Kier molecular flexibility index (Phi) is 3.38. The van der Waals surface area contributed by atoms with Crippen molar-refractivity contribution < 1.29 is 13.2 Å². The zero-order chi connectivity index (χ0) is 13.4. The molecule has 0 unspecified atom stereocenters. The fourth-order valence-electron chi connectivity index (χ4n) is 2.69. The van der Waals surface area contributed by atoms with Gasteiger partial charge in [-0.25, -0.2) is 8.42 Å². The average Bonchev–Trinajstić information content (AvgIpc) is 2.75. The van der Waals surface area contributed by atoms with Crippen molar-refractivity contribution in [2.24, 2.45) is 5.73 Å². The average molecular weight is 269 g/mol. The van der Waals surface area contributed by atoms with Crippen molar-refractivity contribution >= 4 is 9.84 Å². The topological polar surface area (TPSA) is 69.4 Å². The molecule has 1 fully saturated rings. The van der Waals surface area contributed by atoms with E-state index in [1.54, 1.807) is 12.1 Å². The molecule has 2 N–H and O–H groups in total. The minimum Gasteiger partial charge on any atom is -0.495 e. The fourth-order valence-corrected chi connectivity index (χ4v) is 3.54. The number of hydrogen-bond acceptors (Lipinski definition) is 4. The van der Waals surface area contributed by atoms with Crippen molar-refractivity contribution in [3.8, 4) is 5.75 Å². The predicted molar refractivity (Wildman–Crippen MR) is 70.4 cm³/mol. The molecule has 1 saturated carbocycles. The molecule has 1 aromatic rings. The first-order chi connectivity index (χ1) is 8.38. The maximum absolute atomic E-state index is 11.8. The van der Waals surface area contributed by atoms with Gasteiger partial charge in [-0.3, -0.25) is 0 Å². The van der Waals surface area contributed by atoms with Crippen LogP contribution in [0.3, 0.4) is 0 Å². The molecule has 1 aliphatic carbocycles. The van der Waals surface area contributed by atoms with Gasteiger partial charge in [0.15, 0.2) is 9.84 Å². The van der Waals surface area contributed by atoms with Crippen LogP contribution < -0.4 is 10.5 Å². The Morgan fingerprint density at radius 3 is 2.39 bits per heavy atom.